The fraction of sp³-hybridized carbons (Fsp3) is 0.625. The fourth-order valence-corrected chi connectivity index (χ4v) is 2.49. The maximum Gasteiger partial charge on any atom is 0.436 e. The number of carbonyl (C=O) groups excluding carboxylic acids is 3. The standard InChI is InChI=1S/C16H24N2O6S/c1-15(2,3)23-13(20)17-12-18(14(21)24-16(4,5)6)10(9-25-12)8-11(19)22-7/h9H,8H2,1-7H3. The van der Waals surface area contributed by atoms with Crippen LogP contribution in [0.15, 0.2) is 10.4 Å². The van der Waals surface area contributed by atoms with E-state index in [1.807, 2.05) is 0 Å². The van der Waals surface area contributed by atoms with Gasteiger partial charge < -0.3 is 14.2 Å². The predicted octanol–water partition coefficient (Wildman–Crippen LogP) is 2.88. The van der Waals surface area contributed by atoms with Gasteiger partial charge in [0.15, 0.2) is 0 Å². The zero-order chi connectivity index (χ0) is 19.4. The smallest absolute Gasteiger partial charge is 0.436 e. The first kappa shape index (κ1) is 20.9. The third-order valence-corrected chi connectivity index (χ3v) is 3.36. The SMILES string of the molecule is COC(=O)Cc1csc(=NC(=O)OC(C)(C)C)n1C(=O)OC(C)(C)C. The van der Waals surface area contributed by atoms with Gasteiger partial charge in [0.05, 0.1) is 19.2 Å². The van der Waals surface area contributed by atoms with Crippen molar-refractivity contribution in [2.24, 2.45) is 4.99 Å². The van der Waals surface area contributed by atoms with Crippen molar-refractivity contribution in [3.05, 3.63) is 15.9 Å². The second-order valence-corrected chi connectivity index (χ2v) is 8.01. The van der Waals surface area contributed by atoms with Gasteiger partial charge in [-0.25, -0.2) is 14.2 Å². The topological polar surface area (TPSA) is 96.2 Å². The molecule has 0 aliphatic carbocycles. The Bertz CT molecular complexity index is 718. The van der Waals surface area contributed by atoms with E-state index in [-0.39, 0.29) is 11.2 Å². The van der Waals surface area contributed by atoms with E-state index in [2.05, 4.69) is 9.73 Å². The monoisotopic (exact) mass is 372 g/mol. The van der Waals surface area contributed by atoms with Crippen LogP contribution in [0.4, 0.5) is 9.59 Å². The Labute approximate surface area is 150 Å². The summed E-state index contributed by atoms with van der Waals surface area (Å²) in [5.74, 6) is -0.529. The van der Waals surface area contributed by atoms with E-state index in [4.69, 9.17) is 9.47 Å². The number of thiazole rings is 1. The maximum absolute atomic E-state index is 12.5. The minimum absolute atomic E-state index is 0.0578. The molecule has 0 saturated carbocycles. The summed E-state index contributed by atoms with van der Waals surface area (Å²) in [7, 11) is 1.25. The van der Waals surface area contributed by atoms with E-state index in [0.29, 0.717) is 5.69 Å². The molecule has 1 aromatic rings. The average Bonchev–Trinajstić information content (AvgIpc) is 2.76. The minimum atomic E-state index is -0.837. The Morgan fingerprint density at radius 3 is 2.12 bits per heavy atom. The minimum Gasteiger partial charge on any atom is -0.469 e. The van der Waals surface area contributed by atoms with E-state index < -0.39 is 29.4 Å². The highest BCUT2D eigenvalue weighted by Gasteiger charge is 2.23. The Morgan fingerprint density at radius 2 is 1.64 bits per heavy atom. The van der Waals surface area contributed by atoms with Crippen molar-refractivity contribution in [1.82, 2.24) is 4.57 Å². The molecule has 0 atom stereocenters. The van der Waals surface area contributed by atoms with Crippen LogP contribution in [0.2, 0.25) is 0 Å². The lowest BCUT2D eigenvalue weighted by Gasteiger charge is -2.20. The van der Waals surface area contributed by atoms with Crippen LogP contribution in [-0.4, -0.2) is 41.0 Å². The molecular weight excluding hydrogens is 348 g/mol. The summed E-state index contributed by atoms with van der Waals surface area (Å²) in [5.41, 5.74) is -1.16. The molecule has 0 radical (unpaired) electrons. The average molecular weight is 372 g/mol. The van der Waals surface area contributed by atoms with Crippen LogP contribution < -0.4 is 4.80 Å². The predicted molar refractivity (Wildman–Crippen MR) is 91.5 cm³/mol. The molecule has 1 amide bonds. The number of aromatic nitrogens is 1. The molecule has 0 fully saturated rings. The van der Waals surface area contributed by atoms with Crippen LogP contribution in [0.3, 0.4) is 0 Å². The summed E-state index contributed by atoms with van der Waals surface area (Å²) in [6.07, 6.45) is -1.73. The molecule has 0 saturated heterocycles. The highest BCUT2D eigenvalue weighted by molar-refractivity contribution is 7.07. The number of amides is 1. The van der Waals surface area contributed by atoms with Gasteiger partial charge >= 0.3 is 18.2 Å². The first-order valence-corrected chi connectivity index (χ1v) is 8.47. The van der Waals surface area contributed by atoms with E-state index in [9.17, 15) is 14.4 Å². The third-order valence-electron chi connectivity index (χ3n) is 2.49. The normalized spacial score (nSPS) is 12.7. The molecule has 1 rings (SSSR count). The molecule has 1 aromatic heterocycles. The molecule has 0 aromatic carbocycles. The van der Waals surface area contributed by atoms with Crippen molar-refractivity contribution < 1.29 is 28.6 Å². The molecule has 0 aliphatic rings. The summed E-state index contributed by atoms with van der Waals surface area (Å²) >= 11 is 1.02. The molecule has 0 unspecified atom stereocenters. The Kier molecular flexibility index (Phi) is 6.53. The van der Waals surface area contributed by atoms with Gasteiger partial charge in [-0.3, -0.25) is 4.79 Å². The van der Waals surface area contributed by atoms with Gasteiger partial charge in [-0.05, 0) is 41.5 Å². The summed E-state index contributed by atoms with van der Waals surface area (Å²) < 4.78 is 16.2. The quantitative estimate of drug-likeness (QED) is 0.585. The molecule has 8 nitrogen and oxygen atoms in total. The largest absolute Gasteiger partial charge is 0.469 e. The second-order valence-electron chi connectivity index (χ2n) is 7.17. The second kappa shape index (κ2) is 7.81. The molecule has 0 spiro atoms. The number of esters is 1. The summed E-state index contributed by atoms with van der Waals surface area (Å²) in [5, 5.41) is 1.55. The zero-order valence-electron chi connectivity index (χ0n) is 15.5. The van der Waals surface area contributed by atoms with Crippen molar-refractivity contribution >= 4 is 29.5 Å². The van der Waals surface area contributed by atoms with Crippen LogP contribution in [-0.2, 0) is 25.4 Å². The van der Waals surface area contributed by atoms with Gasteiger partial charge in [-0.2, -0.15) is 0 Å². The third kappa shape index (κ3) is 7.08. The molecule has 0 aliphatic heterocycles. The first-order valence-electron chi connectivity index (χ1n) is 7.59. The van der Waals surface area contributed by atoms with Crippen molar-refractivity contribution in [3.8, 4) is 0 Å². The highest BCUT2D eigenvalue weighted by Crippen LogP contribution is 2.12. The van der Waals surface area contributed by atoms with E-state index in [1.165, 1.54) is 7.11 Å². The number of methoxy groups -OCH3 is 1. The van der Waals surface area contributed by atoms with Gasteiger partial charge in [0.2, 0.25) is 4.80 Å². The van der Waals surface area contributed by atoms with Crippen molar-refractivity contribution in [3.63, 3.8) is 0 Å². The van der Waals surface area contributed by atoms with E-state index in [1.54, 1.807) is 46.9 Å². The fourth-order valence-electron chi connectivity index (χ4n) is 1.63. The Balaban J connectivity index is 3.31. The maximum atomic E-state index is 12.5. The van der Waals surface area contributed by atoms with Gasteiger partial charge in [0, 0.05) is 5.38 Å². The molecular formula is C16H24N2O6S. The zero-order valence-corrected chi connectivity index (χ0v) is 16.4. The summed E-state index contributed by atoms with van der Waals surface area (Å²) in [6, 6.07) is 0. The Hall–Kier alpha value is -2.16. The summed E-state index contributed by atoms with van der Waals surface area (Å²) in [4.78, 5) is 39.8. The molecule has 1 heterocycles. The lowest BCUT2D eigenvalue weighted by molar-refractivity contribution is -0.139. The number of rotatable bonds is 2. The lowest BCUT2D eigenvalue weighted by atomic mass is 10.2. The molecule has 9 heteroatoms. The number of nitrogens with zero attached hydrogens (tertiary/aromatic N) is 2. The van der Waals surface area contributed by atoms with Gasteiger partial charge in [-0.1, -0.05) is 0 Å². The van der Waals surface area contributed by atoms with Crippen molar-refractivity contribution in [2.75, 3.05) is 7.11 Å². The Morgan fingerprint density at radius 1 is 1.08 bits per heavy atom. The molecule has 0 N–H and O–H groups in total. The van der Waals surface area contributed by atoms with Crippen LogP contribution in [0.5, 0.6) is 0 Å². The van der Waals surface area contributed by atoms with Gasteiger partial charge in [0.1, 0.15) is 11.2 Å². The molecule has 25 heavy (non-hydrogen) atoms. The van der Waals surface area contributed by atoms with E-state index >= 15 is 0 Å². The van der Waals surface area contributed by atoms with Crippen LogP contribution in [0.1, 0.15) is 47.2 Å². The first-order chi connectivity index (χ1) is 11.3. The number of hydrogen-bond donors (Lipinski definition) is 0. The number of hydrogen-bond acceptors (Lipinski definition) is 7. The van der Waals surface area contributed by atoms with Crippen molar-refractivity contribution in [1.29, 1.82) is 0 Å². The summed E-state index contributed by atoms with van der Waals surface area (Å²) in [6.45, 7) is 10.3. The van der Waals surface area contributed by atoms with E-state index in [0.717, 1.165) is 15.9 Å². The lowest BCUT2D eigenvalue weighted by Crippen LogP contribution is -2.34. The molecule has 140 valence electrons. The highest BCUT2D eigenvalue weighted by atomic mass is 32.1. The number of ether oxygens (including phenoxy) is 3. The van der Waals surface area contributed by atoms with Crippen LogP contribution in [0.25, 0.3) is 0 Å². The van der Waals surface area contributed by atoms with Crippen molar-refractivity contribution in [2.45, 2.75) is 59.2 Å². The van der Waals surface area contributed by atoms with Gasteiger partial charge in [-0.15, -0.1) is 16.3 Å². The molecule has 0 bridgehead atoms. The van der Waals surface area contributed by atoms with Crippen LogP contribution in [0, 0.1) is 0 Å². The number of carbonyl (C=O) groups is 3. The van der Waals surface area contributed by atoms with Gasteiger partial charge in [0.25, 0.3) is 0 Å². The van der Waals surface area contributed by atoms with Crippen LogP contribution >= 0.6 is 11.3 Å².